The summed E-state index contributed by atoms with van der Waals surface area (Å²) in [6.45, 7) is 1.63. The summed E-state index contributed by atoms with van der Waals surface area (Å²) in [5.74, 6) is 0. The van der Waals surface area contributed by atoms with Crippen LogP contribution in [0.1, 0.15) is 11.3 Å². The Morgan fingerprint density at radius 1 is 1.33 bits per heavy atom. The third kappa shape index (κ3) is 1.62. The highest BCUT2D eigenvalue weighted by Gasteiger charge is 2.34. The summed E-state index contributed by atoms with van der Waals surface area (Å²) in [6.07, 6.45) is -1.53. The van der Waals surface area contributed by atoms with Crippen molar-refractivity contribution in [1.82, 2.24) is 9.38 Å². The summed E-state index contributed by atoms with van der Waals surface area (Å²) in [5.41, 5.74) is 5.04. The van der Waals surface area contributed by atoms with Crippen LogP contribution in [0.25, 0.3) is 5.65 Å². The average molecular weight is 215 g/mol. The number of anilines is 1. The first-order valence-electron chi connectivity index (χ1n) is 4.20. The normalized spacial score (nSPS) is 12.3. The molecule has 0 aliphatic rings. The Morgan fingerprint density at radius 3 is 2.60 bits per heavy atom. The van der Waals surface area contributed by atoms with E-state index in [-0.39, 0.29) is 11.3 Å². The molecule has 0 bridgehead atoms. The van der Waals surface area contributed by atoms with Crippen molar-refractivity contribution in [3.05, 3.63) is 29.7 Å². The lowest BCUT2D eigenvalue weighted by Gasteiger charge is -2.08. The van der Waals surface area contributed by atoms with E-state index >= 15 is 0 Å². The predicted octanol–water partition coefficient (Wildman–Crippen LogP) is 2.24. The molecule has 0 saturated carbocycles. The van der Waals surface area contributed by atoms with Gasteiger partial charge in [-0.2, -0.15) is 13.2 Å². The van der Waals surface area contributed by atoms with Crippen molar-refractivity contribution in [2.45, 2.75) is 13.1 Å². The van der Waals surface area contributed by atoms with Crippen molar-refractivity contribution in [2.75, 3.05) is 5.73 Å². The molecule has 0 fully saturated rings. The maximum atomic E-state index is 12.6. The second-order valence-corrected chi connectivity index (χ2v) is 3.30. The molecule has 2 aromatic heterocycles. The molecule has 0 spiro atoms. The lowest BCUT2D eigenvalue weighted by Crippen LogP contribution is -2.08. The molecule has 0 aromatic carbocycles. The van der Waals surface area contributed by atoms with Crippen molar-refractivity contribution >= 4 is 11.3 Å². The van der Waals surface area contributed by atoms with Gasteiger partial charge in [0.2, 0.25) is 0 Å². The number of fused-ring (bicyclic) bond motifs is 1. The molecular weight excluding hydrogens is 207 g/mol. The van der Waals surface area contributed by atoms with Crippen LogP contribution >= 0.6 is 0 Å². The lowest BCUT2D eigenvalue weighted by atomic mass is 10.2. The highest BCUT2D eigenvalue weighted by Crippen LogP contribution is 2.33. The number of hydrogen-bond acceptors (Lipinski definition) is 2. The van der Waals surface area contributed by atoms with Crippen LogP contribution in [-0.2, 0) is 6.18 Å². The molecule has 0 aliphatic heterocycles. The summed E-state index contributed by atoms with van der Waals surface area (Å²) < 4.78 is 39.1. The molecule has 0 unspecified atom stereocenters. The van der Waals surface area contributed by atoms with Crippen LogP contribution in [0.4, 0.5) is 18.9 Å². The Balaban J connectivity index is 2.82. The van der Waals surface area contributed by atoms with Gasteiger partial charge in [0, 0.05) is 18.1 Å². The first-order chi connectivity index (χ1) is 6.88. The molecular formula is C9H8F3N3. The van der Waals surface area contributed by atoms with Crippen LogP contribution in [0.3, 0.4) is 0 Å². The first-order valence-corrected chi connectivity index (χ1v) is 4.20. The van der Waals surface area contributed by atoms with Gasteiger partial charge in [-0.1, -0.05) is 0 Å². The van der Waals surface area contributed by atoms with Gasteiger partial charge in [-0.25, -0.2) is 4.98 Å². The molecule has 2 aromatic rings. The van der Waals surface area contributed by atoms with Gasteiger partial charge in [0.15, 0.2) is 0 Å². The van der Waals surface area contributed by atoms with E-state index in [9.17, 15) is 13.2 Å². The van der Waals surface area contributed by atoms with Gasteiger partial charge in [-0.05, 0) is 13.0 Å². The summed E-state index contributed by atoms with van der Waals surface area (Å²) in [7, 11) is 0. The molecule has 0 amide bonds. The van der Waals surface area contributed by atoms with Gasteiger partial charge in [-0.3, -0.25) is 0 Å². The van der Waals surface area contributed by atoms with E-state index in [0.29, 0.717) is 5.69 Å². The molecule has 2 heterocycles. The van der Waals surface area contributed by atoms with E-state index in [4.69, 9.17) is 5.73 Å². The van der Waals surface area contributed by atoms with Crippen molar-refractivity contribution < 1.29 is 13.2 Å². The average Bonchev–Trinajstić information content (AvgIpc) is 2.41. The highest BCUT2D eigenvalue weighted by molar-refractivity contribution is 5.56. The number of halogens is 3. The minimum absolute atomic E-state index is 0.0622. The van der Waals surface area contributed by atoms with E-state index in [1.165, 1.54) is 16.8 Å². The maximum absolute atomic E-state index is 12.6. The fraction of sp³-hybridized carbons (Fsp3) is 0.222. The number of aromatic nitrogens is 2. The third-order valence-corrected chi connectivity index (χ3v) is 2.00. The predicted molar refractivity (Wildman–Crippen MR) is 49.3 cm³/mol. The van der Waals surface area contributed by atoms with Crippen LogP contribution in [0.5, 0.6) is 0 Å². The molecule has 0 radical (unpaired) electrons. The molecule has 0 saturated heterocycles. The van der Waals surface area contributed by atoms with Crippen LogP contribution in [0.2, 0.25) is 0 Å². The summed E-state index contributed by atoms with van der Waals surface area (Å²) in [5, 5.41) is 0. The third-order valence-electron chi connectivity index (χ3n) is 2.00. The summed E-state index contributed by atoms with van der Waals surface area (Å²) in [6, 6.07) is 0.891. The van der Waals surface area contributed by atoms with E-state index in [2.05, 4.69) is 4.98 Å². The van der Waals surface area contributed by atoms with E-state index in [1.54, 1.807) is 6.92 Å². The SMILES string of the molecule is Cc1cn2cc(N)cc(C(F)(F)F)c2n1. The number of rotatable bonds is 0. The van der Waals surface area contributed by atoms with Gasteiger partial charge in [0.05, 0.1) is 5.69 Å². The van der Waals surface area contributed by atoms with Crippen molar-refractivity contribution in [1.29, 1.82) is 0 Å². The Morgan fingerprint density at radius 2 is 2.00 bits per heavy atom. The Hall–Kier alpha value is -1.72. The molecule has 6 heteroatoms. The monoisotopic (exact) mass is 215 g/mol. The molecule has 2 N–H and O–H groups in total. The topological polar surface area (TPSA) is 43.3 Å². The van der Waals surface area contributed by atoms with Gasteiger partial charge in [0.1, 0.15) is 11.2 Å². The largest absolute Gasteiger partial charge is 0.420 e. The quantitative estimate of drug-likeness (QED) is 0.732. The lowest BCUT2D eigenvalue weighted by molar-refractivity contribution is -0.136. The number of nitrogen functional groups attached to an aromatic ring is 1. The second-order valence-electron chi connectivity index (χ2n) is 3.30. The highest BCUT2D eigenvalue weighted by atomic mass is 19.4. The minimum Gasteiger partial charge on any atom is -0.398 e. The first kappa shape index (κ1) is 9.82. The molecule has 0 aliphatic carbocycles. The number of hydrogen-bond donors (Lipinski definition) is 1. The van der Waals surface area contributed by atoms with Gasteiger partial charge >= 0.3 is 6.18 Å². The van der Waals surface area contributed by atoms with Crippen molar-refractivity contribution in [2.24, 2.45) is 0 Å². The number of imidazole rings is 1. The number of pyridine rings is 1. The van der Waals surface area contributed by atoms with Crippen LogP contribution in [0.15, 0.2) is 18.5 Å². The van der Waals surface area contributed by atoms with E-state index in [0.717, 1.165) is 6.07 Å². The summed E-state index contributed by atoms with van der Waals surface area (Å²) >= 11 is 0. The zero-order valence-electron chi connectivity index (χ0n) is 7.84. The van der Waals surface area contributed by atoms with Crippen LogP contribution in [0, 0.1) is 6.92 Å². The molecule has 80 valence electrons. The molecule has 0 atom stereocenters. The number of aryl methyl sites for hydroxylation is 1. The maximum Gasteiger partial charge on any atom is 0.420 e. The molecule has 2 rings (SSSR count). The Labute approximate surface area is 83.3 Å². The van der Waals surface area contributed by atoms with E-state index in [1.807, 2.05) is 0 Å². The Bertz CT molecular complexity index is 513. The molecule has 15 heavy (non-hydrogen) atoms. The zero-order chi connectivity index (χ0) is 11.2. The minimum atomic E-state index is -4.44. The fourth-order valence-corrected chi connectivity index (χ4v) is 1.45. The van der Waals surface area contributed by atoms with Crippen molar-refractivity contribution in [3.8, 4) is 0 Å². The van der Waals surface area contributed by atoms with Gasteiger partial charge in [-0.15, -0.1) is 0 Å². The van der Waals surface area contributed by atoms with Crippen molar-refractivity contribution in [3.63, 3.8) is 0 Å². The number of nitrogens with zero attached hydrogens (tertiary/aromatic N) is 2. The fourth-order valence-electron chi connectivity index (χ4n) is 1.45. The van der Waals surface area contributed by atoms with Crippen LogP contribution < -0.4 is 5.73 Å². The van der Waals surface area contributed by atoms with E-state index < -0.39 is 11.7 Å². The number of alkyl halides is 3. The standard InChI is InChI=1S/C9H8F3N3/c1-5-3-15-4-6(13)2-7(8(15)14-5)9(10,11)12/h2-4H,13H2,1H3. The smallest absolute Gasteiger partial charge is 0.398 e. The zero-order valence-corrected chi connectivity index (χ0v) is 7.84. The van der Waals surface area contributed by atoms with Crippen LogP contribution in [-0.4, -0.2) is 9.38 Å². The second kappa shape index (κ2) is 2.88. The molecule has 3 nitrogen and oxygen atoms in total. The van der Waals surface area contributed by atoms with Gasteiger partial charge in [0.25, 0.3) is 0 Å². The Kier molecular flexibility index (Phi) is 1.89. The number of nitrogens with two attached hydrogens (primary N) is 1. The summed E-state index contributed by atoms with van der Waals surface area (Å²) in [4.78, 5) is 3.81. The van der Waals surface area contributed by atoms with Gasteiger partial charge < -0.3 is 10.1 Å².